The van der Waals surface area contributed by atoms with Crippen LogP contribution < -0.4 is 0 Å². The van der Waals surface area contributed by atoms with E-state index >= 15 is 0 Å². The third-order valence-electron chi connectivity index (χ3n) is 2.96. The molecule has 0 aliphatic rings. The van der Waals surface area contributed by atoms with E-state index in [-0.39, 0.29) is 12.5 Å². The zero-order valence-electron chi connectivity index (χ0n) is 10.3. The third kappa shape index (κ3) is 2.94. The zero-order valence-corrected chi connectivity index (χ0v) is 10.3. The first kappa shape index (κ1) is 11.9. The van der Waals surface area contributed by atoms with E-state index < -0.39 is 0 Å². The van der Waals surface area contributed by atoms with E-state index in [2.05, 4.69) is 30.2 Å². The molecule has 2 aromatic rings. The average Bonchev–Trinajstić information content (AvgIpc) is 2.72. The second-order valence-corrected chi connectivity index (χ2v) is 4.48. The van der Waals surface area contributed by atoms with E-state index in [1.165, 1.54) is 11.1 Å². The van der Waals surface area contributed by atoms with Gasteiger partial charge in [0.2, 0.25) is 0 Å². The monoisotopic (exact) mass is 230 g/mol. The van der Waals surface area contributed by atoms with E-state index in [9.17, 15) is 5.11 Å². The molecule has 3 heteroatoms. The maximum absolute atomic E-state index is 9.50. The molecule has 1 unspecified atom stereocenters. The van der Waals surface area contributed by atoms with E-state index in [0.717, 1.165) is 12.1 Å². The van der Waals surface area contributed by atoms with Crippen LogP contribution in [0.4, 0.5) is 0 Å². The Labute approximate surface area is 102 Å². The van der Waals surface area contributed by atoms with Crippen molar-refractivity contribution in [2.24, 2.45) is 7.05 Å². The first-order chi connectivity index (χ1) is 8.19. The van der Waals surface area contributed by atoms with Gasteiger partial charge in [0, 0.05) is 25.6 Å². The minimum Gasteiger partial charge on any atom is -0.396 e. The van der Waals surface area contributed by atoms with Gasteiger partial charge in [0.15, 0.2) is 0 Å². The van der Waals surface area contributed by atoms with Crippen molar-refractivity contribution in [3.8, 4) is 0 Å². The van der Waals surface area contributed by atoms with Gasteiger partial charge in [0.05, 0.1) is 12.3 Å². The van der Waals surface area contributed by atoms with Crippen LogP contribution in [-0.4, -0.2) is 21.5 Å². The van der Waals surface area contributed by atoms with Crippen molar-refractivity contribution in [1.29, 1.82) is 0 Å². The molecule has 0 saturated carbocycles. The lowest BCUT2D eigenvalue weighted by Gasteiger charge is -2.13. The Morgan fingerprint density at radius 3 is 2.76 bits per heavy atom. The van der Waals surface area contributed by atoms with Gasteiger partial charge in [0.25, 0.3) is 0 Å². The van der Waals surface area contributed by atoms with Crippen LogP contribution in [-0.2, 0) is 13.5 Å². The molecular formula is C14H18N2O. The number of aliphatic hydroxyl groups excluding tert-OH is 1. The molecule has 0 spiro atoms. The molecule has 1 aromatic heterocycles. The smallest absolute Gasteiger partial charge is 0.0631 e. The molecule has 0 amide bonds. The number of hydrogen-bond acceptors (Lipinski definition) is 2. The fourth-order valence-electron chi connectivity index (χ4n) is 2.04. The summed E-state index contributed by atoms with van der Waals surface area (Å²) in [6, 6.07) is 10.3. The number of hydrogen-bond donors (Lipinski definition) is 1. The molecule has 1 aromatic carbocycles. The van der Waals surface area contributed by atoms with E-state index in [0.29, 0.717) is 0 Å². The maximum Gasteiger partial charge on any atom is 0.0631 e. The highest BCUT2D eigenvalue weighted by Gasteiger charge is 2.12. The van der Waals surface area contributed by atoms with Crippen molar-refractivity contribution in [1.82, 2.24) is 9.78 Å². The van der Waals surface area contributed by atoms with Crippen LogP contribution in [0.25, 0.3) is 0 Å². The SMILES string of the molecule is Cc1cccc(C(CO)Cc2ccn(C)n2)c1. The van der Waals surface area contributed by atoms with E-state index in [4.69, 9.17) is 0 Å². The van der Waals surface area contributed by atoms with Gasteiger partial charge in [0.1, 0.15) is 0 Å². The van der Waals surface area contributed by atoms with Crippen molar-refractivity contribution in [2.45, 2.75) is 19.3 Å². The van der Waals surface area contributed by atoms with Gasteiger partial charge < -0.3 is 5.11 Å². The summed E-state index contributed by atoms with van der Waals surface area (Å²) in [5.41, 5.74) is 3.42. The topological polar surface area (TPSA) is 38.0 Å². The predicted octanol–water partition coefficient (Wildman–Crippen LogP) is 2.05. The highest BCUT2D eigenvalue weighted by Crippen LogP contribution is 2.20. The number of benzene rings is 1. The van der Waals surface area contributed by atoms with Crippen LogP contribution in [0.5, 0.6) is 0 Å². The minimum absolute atomic E-state index is 0.129. The second-order valence-electron chi connectivity index (χ2n) is 4.48. The molecule has 1 atom stereocenters. The molecule has 3 nitrogen and oxygen atoms in total. The lowest BCUT2D eigenvalue weighted by molar-refractivity contribution is 0.263. The standard InChI is InChI=1S/C14H18N2O/c1-11-4-3-5-12(8-11)13(10-17)9-14-6-7-16(2)15-14/h3-8,13,17H,9-10H2,1-2H3. The number of nitrogens with zero attached hydrogens (tertiary/aromatic N) is 2. The molecule has 0 fully saturated rings. The molecular weight excluding hydrogens is 212 g/mol. The lowest BCUT2D eigenvalue weighted by atomic mass is 9.94. The van der Waals surface area contributed by atoms with Crippen molar-refractivity contribution >= 4 is 0 Å². The summed E-state index contributed by atoms with van der Waals surface area (Å²) in [6.07, 6.45) is 2.71. The molecule has 0 saturated heterocycles. The molecule has 1 N–H and O–H groups in total. The summed E-state index contributed by atoms with van der Waals surface area (Å²) in [7, 11) is 1.91. The van der Waals surface area contributed by atoms with Crippen LogP contribution in [0.3, 0.4) is 0 Å². The summed E-state index contributed by atoms with van der Waals surface area (Å²) in [6.45, 7) is 2.22. The van der Waals surface area contributed by atoms with Crippen LogP contribution in [0.2, 0.25) is 0 Å². The second kappa shape index (κ2) is 5.15. The first-order valence-electron chi connectivity index (χ1n) is 5.85. The molecule has 0 aliphatic carbocycles. The molecule has 0 bridgehead atoms. The van der Waals surface area contributed by atoms with Gasteiger partial charge in [-0.2, -0.15) is 5.10 Å². The molecule has 90 valence electrons. The number of aromatic nitrogens is 2. The number of aryl methyl sites for hydroxylation is 2. The fourth-order valence-corrected chi connectivity index (χ4v) is 2.04. The highest BCUT2D eigenvalue weighted by molar-refractivity contribution is 5.26. The van der Waals surface area contributed by atoms with Crippen LogP contribution in [0.15, 0.2) is 36.5 Å². The zero-order chi connectivity index (χ0) is 12.3. The Morgan fingerprint density at radius 2 is 2.18 bits per heavy atom. The van der Waals surface area contributed by atoms with Gasteiger partial charge in [-0.1, -0.05) is 29.8 Å². The summed E-state index contributed by atoms with van der Waals surface area (Å²) in [5.74, 6) is 0.129. The van der Waals surface area contributed by atoms with Crippen molar-refractivity contribution < 1.29 is 5.11 Å². The Kier molecular flexibility index (Phi) is 3.59. The summed E-state index contributed by atoms with van der Waals surface area (Å²) < 4.78 is 1.79. The van der Waals surface area contributed by atoms with Gasteiger partial charge in [-0.25, -0.2) is 0 Å². The largest absolute Gasteiger partial charge is 0.396 e. The van der Waals surface area contributed by atoms with Gasteiger partial charge in [-0.15, -0.1) is 0 Å². The minimum atomic E-state index is 0.129. The van der Waals surface area contributed by atoms with Crippen molar-refractivity contribution in [3.63, 3.8) is 0 Å². The summed E-state index contributed by atoms with van der Waals surface area (Å²) in [5, 5.41) is 13.9. The predicted molar refractivity (Wildman–Crippen MR) is 67.9 cm³/mol. The van der Waals surface area contributed by atoms with Gasteiger partial charge in [-0.05, 0) is 18.6 Å². The Morgan fingerprint density at radius 1 is 1.35 bits per heavy atom. The van der Waals surface area contributed by atoms with Crippen LogP contribution >= 0.6 is 0 Å². The molecule has 0 aliphatic heterocycles. The first-order valence-corrected chi connectivity index (χ1v) is 5.85. The maximum atomic E-state index is 9.50. The Hall–Kier alpha value is -1.61. The molecule has 2 rings (SSSR count). The fraction of sp³-hybridized carbons (Fsp3) is 0.357. The summed E-state index contributed by atoms with van der Waals surface area (Å²) in [4.78, 5) is 0. The normalized spacial score (nSPS) is 12.6. The summed E-state index contributed by atoms with van der Waals surface area (Å²) >= 11 is 0. The number of aliphatic hydroxyl groups is 1. The average molecular weight is 230 g/mol. The quantitative estimate of drug-likeness (QED) is 0.873. The molecule has 1 heterocycles. The molecule has 17 heavy (non-hydrogen) atoms. The Balaban J connectivity index is 2.16. The highest BCUT2D eigenvalue weighted by atomic mass is 16.3. The van der Waals surface area contributed by atoms with Gasteiger partial charge >= 0.3 is 0 Å². The van der Waals surface area contributed by atoms with Crippen LogP contribution in [0.1, 0.15) is 22.7 Å². The van der Waals surface area contributed by atoms with E-state index in [1.807, 2.05) is 25.4 Å². The Bertz CT molecular complexity index is 490. The molecule has 0 radical (unpaired) electrons. The third-order valence-corrected chi connectivity index (χ3v) is 2.96. The van der Waals surface area contributed by atoms with Crippen molar-refractivity contribution in [3.05, 3.63) is 53.3 Å². The number of rotatable bonds is 4. The van der Waals surface area contributed by atoms with Crippen LogP contribution in [0, 0.1) is 6.92 Å². The van der Waals surface area contributed by atoms with E-state index in [1.54, 1.807) is 4.68 Å². The van der Waals surface area contributed by atoms with Crippen molar-refractivity contribution in [2.75, 3.05) is 6.61 Å². The van der Waals surface area contributed by atoms with Gasteiger partial charge in [-0.3, -0.25) is 4.68 Å². The lowest BCUT2D eigenvalue weighted by Crippen LogP contribution is -2.08.